The van der Waals surface area contributed by atoms with Gasteiger partial charge in [-0.3, -0.25) is 13.9 Å². The van der Waals surface area contributed by atoms with Gasteiger partial charge in [0.2, 0.25) is 11.8 Å². The highest BCUT2D eigenvalue weighted by atomic mass is 79.9. The van der Waals surface area contributed by atoms with Gasteiger partial charge < -0.3 is 19.7 Å². The monoisotopic (exact) mass is 693 g/mol. The Morgan fingerprint density at radius 1 is 0.822 bits per heavy atom. The van der Waals surface area contributed by atoms with Crippen LogP contribution in [0.2, 0.25) is 0 Å². The normalized spacial score (nSPS) is 11.7. The average molecular weight is 695 g/mol. The third-order valence-electron chi connectivity index (χ3n) is 7.17. The number of likely N-dealkylation sites (N-methyl/N-ethyl adjacent to an activating group) is 1. The minimum Gasteiger partial charge on any atom is -0.497 e. The molecule has 0 aliphatic rings. The molecule has 11 heteroatoms. The van der Waals surface area contributed by atoms with E-state index in [4.69, 9.17) is 9.47 Å². The maximum atomic E-state index is 14.5. The molecule has 0 aliphatic heterocycles. The zero-order chi connectivity index (χ0) is 32.4. The van der Waals surface area contributed by atoms with Crippen LogP contribution in [0.25, 0.3) is 0 Å². The maximum absolute atomic E-state index is 14.5. The smallest absolute Gasteiger partial charge is 0.264 e. The highest BCUT2D eigenvalue weighted by molar-refractivity contribution is 9.10. The van der Waals surface area contributed by atoms with Gasteiger partial charge in [-0.15, -0.1) is 0 Å². The number of nitrogens with zero attached hydrogens (tertiary/aromatic N) is 2. The summed E-state index contributed by atoms with van der Waals surface area (Å²) in [7, 11) is -1.37. The molecule has 0 unspecified atom stereocenters. The number of hydrogen-bond donors (Lipinski definition) is 1. The van der Waals surface area contributed by atoms with Crippen LogP contribution in [0.5, 0.6) is 11.5 Å². The van der Waals surface area contributed by atoms with Crippen LogP contribution in [0.15, 0.2) is 112 Å². The van der Waals surface area contributed by atoms with Gasteiger partial charge >= 0.3 is 0 Å². The summed E-state index contributed by atoms with van der Waals surface area (Å²) in [5, 5.41) is 2.86. The number of halogens is 1. The molecule has 45 heavy (non-hydrogen) atoms. The zero-order valence-corrected chi connectivity index (χ0v) is 27.8. The number of ether oxygens (including phenoxy) is 2. The molecule has 4 aromatic rings. The number of para-hydroxylation sites is 2. The largest absolute Gasteiger partial charge is 0.497 e. The molecule has 1 N–H and O–H groups in total. The lowest BCUT2D eigenvalue weighted by Gasteiger charge is -2.34. The van der Waals surface area contributed by atoms with Gasteiger partial charge in [-0.2, -0.15) is 0 Å². The maximum Gasteiger partial charge on any atom is 0.264 e. The Morgan fingerprint density at radius 2 is 1.47 bits per heavy atom. The van der Waals surface area contributed by atoms with Gasteiger partial charge in [-0.25, -0.2) is 8.42 Å². The van der Waals surface area contributed by atoms with Crippen LogP contribution in [-0.4, -0.2) is 58.5 Å². The molecule has 1 atom stereocenters. The van der Waals surface area contributed by atoms with Gasteiger partial charge in [-0.1, -0.05) is 70.5 Å². The predicted octanol–water partition coefficient (Wildman–Crippen LogP) is 5.44. The van der Waals surface area contributed by atoms with Crippen LogP contribution in [0, 0.1) is 0 Å². The Labute approximate surface area is 273 Å². The molecule has 0 radical (unpaired) electrons. The molecule has 0 saturated heterocycles. The second-order valence-corrected chi connectivity index (χ2v) is 12.9. The van der Waals surface area contributed by atoms with Crippen molar-refractivity contribution in [3.8, 4) is 11.5 Å². The lowest BCUT2D eigenvalue weighted by molar-refractivity contribution is -0.140. The van der Waals surface area contributed by atoms with Crippen LogP contribution in [-0.2, 0) is 32.6 Å². The number of hydrogen-bond acceptors (Lipinski definition) is 6. The number of carbonyl (C=O) groups excluding carboxylic acids is 2. The molecule has 0 aliphatic carbocycles. The van der Waals surface area contributed by atoms with E-state index in [1.807, 2.05) is 61.5 Å². The number of anilines is 1. The molecule has 0 spiro atoms. The molecule has 4 aromatic carbocycles. The van der Waals surface area contributed by atoms with Crippen LogP contribution >= 0.6 is 15.9 Å². The SMILES string of the molecule is CCNC(=O)[C@H](Cc1ccccc1)N(Cc1ccc(Br)cc1)C(=O)CN(c1ccccc1OC)S(=O)(=O)c1ccc(OC)cc1. The molecular formula is C34H36BrN3O6S. The van der Waals surface area contributed by atoms with Crippen molar-refractivity contribution in [2.24, 2.45) is 0 Å². The number of carbonyl (C=O) groups is 2. The Morgan fingerprint density at radius 3 is 2.09 bits per heavy atom. The Bertz CT molecular complexity index is 1680. The fraction of sp³-hybridized carbons (Fsp3) is 0.235. The number of sulfonamides is 1. The van der Waals surface area contributed by atoms with Crippen molar-refractivity contribution in [3.05, 3.63) is 119 Å². The lowest BCUT2D eigenvalue weighted by Crippen LogP contribution is -2.53. The van der Waals surface area contributed by atoms with Crippen LogP contribution in [0.3, 0.4) is 0 Å². The van der Waals surface area contributed by atoms with Crippen LogP contribution in [0.4, 0.5) is 5.69 Å². The molecule has 2 amide bonds. The quantitative estimate of drug-likeness (QED) is 0.189. The molecule has 236 valence electrons. The summed E-state index contributed by atoms with van der Waals surface area (Å²) in [5.74, 6) is -0.145. The Hall–Kier alpha value is -4.35. The molecule has 4 rings (SSSR count). The van der Waals surface area contributed by atoms with Gasteiger partial charge in [0.1, 0.15) is 24.1 Å². The van der Waals surface area contributed by atoms with Crippen molar-refractivity contribution in [1.29, 1.82) is 0 Å². The van der Waals surface area contributed by atoms with E-state index < -0.39 is 28.5 Å². The lowest BCUT2D eigenvalue weighted by atomic mass is 10.0. The molecular weight excluding hydrogens is 658 g/mol. The molecule has 0 fully saturated rings. The Balaban J connectivity index is 1.81. The first kappa shape index (κ1) is 33.5. The molecule has 0 bridgehead atoms. The number of nitrogens with one attached hydrogen (secondary N) is 1. The van der Waals surface area contributed by atoms with E-state index in [0.717, 1.165) is 19.9 Å². The third kappa shape index (κ3) is 8.43. The third-order valence-corrected chi connectivity index (χ3v) is 9.47. The number of rotatable bonds is 14. The van der Waals surface area contributed by atoms with E-state index in [0.29, 0.717) is 12.3 Å². The van der Waals surface area contributed by atoms with Crippen molar-refractivity contribution in [1.82, 2.24) is 10.2 Å². The number of amides is 2. The molecule has 0 saturated carbocycles. The van der Waals surface area contributed by atoms with Gasteiger partial charge in [-0.05, 0) is 66.6 Å². The first-order valence-corrected chi connectivity index (χ1v) is 16.6. The summed E-state index contributed by atoms with van der Waals surface area (Å²) in [4.78, 5) is 29.5. The van der Waals surface area contributed by atoms with E-state index in [2.05, 4.69) is 21.2 Å². The topological polar surface area (TPSA) is 105 Å². The van der Waals surface area contributed by atoms with Crippen LogP contribution < -0.4 is 19.1 Å². The van der Waals surface area contributed by atoms with Crippen LogP contribution in [0.1, 0.15) is 18.1 Å². The summed E-state index contributed by atoms with van der Waals surface area (Å²) in [6.07, 6.45) is 0.231. The predicted molar refractivity (Wildman–Crippen MR) is 178 cm³/mol. The van der Waals surface area contributed by atoms with Gasteiger partial charge in [0.05, 0.1) is 24.8 Å². The Kier molecular flexibility index (Phi) is 11.6. The second kappa shape index (κ2) is 15.6. The first-order chi connectivity index (χ1) is 21.7. The zero-order valence-electron chi connectivity index (χ0n) is 25.4. The van der Waals surface area contributed by atoms with Crippen molar-refractivity contribution < 1.29 is 27.5 Å². The van der Waals surface area contributed by atoms with Crippen molar-refractivity contribution in [2.75, 3.05) is 31.6 Å². The second-order valence-electron chi connectivity index (χ2n) is 10.1. The number of benzene rings is 4. The van der Waals surface area contributed by atoms with Crippen molar-refractivity contribution in [3.63, 3.8) is 0 Å². The van der Waals surface area contributed by atoms with E-state index >= 15 is 0 Å². The average Bonchev–Trinajstić information content (AvgIpc) is 3.06. The first-order valence-electron chi connectivity index (χ1n) is 14.3. The summed E-state index contributed by atoms with van der Waals surface area (Å²) in [5.41, 5.74) is 1.82. The van der Waals surface area contributed by atoms with Gasteiger partial charge in [0.25, 0.3) is 10.0 Å². The van der Waals surface area contributed by atoms with Crippen molar-refractivity contribution in [2.45, 2.75) is 30.8 Å². The molecule has 0 aromatic heterocycles. The van der Waals surface area contributed by atoms with Gasteiger partial charge in [0, 0.05) is 24.0 Å². The van der Waals surface area contributed by atoms with E-state index in [1.165, 1.54) is 31.3 Å². The summed E-state index contributed by atoms with van der Waals surface area (Å²) in [6.45, 7) is 1.66. The minimum absolute atomic E-state index is 0.0361. The summed E-state index contributed by atoms with van der Waals surface area (Å²) in [6, 6.07) is 28.4. The fourth-order valence-corrected chi connectivity index (χ4v) is 6.55. The number of methoxy groups -OCH3 is 2. The standard InChI is InChI=1S/C34H36BrN3O6S/c1-4-36-34(40)31(22-25-10-6-5-7-11-25)37(23-26-14-16-27(35)17-15-26)33(39)24-38(30-12-8-9-13-32(30)44-3)45(41,42)29-20-18-28(43-2)19-21-29/h5-21,31H,4,22-24H2,1-3H3,(H,36,40)/t31-/m0/s1. The van der Waals surface area contributed by atoms with E-state index in [-0.39, 0.29) is 35.2 Å². The summed E-state index contributed by atoms with van der Waals surface area (Å²) >= 11 is 3.44. The fourth-order valence-electron chi connectivity index (χ4n) is 4.86. The molecule has 0 heterocycles. The minimum atomic E-state index is -4.29. The highest BCUT2D eigenvalue weighted by Gasteiger charge is 2.35. The molecule has 9 nitrogen and oxygen atoms in total. The van der Waals surface area contributed by atoms with E-state index in [1.54, 1.807) is 36.4 Å². The summed E-state index contributed by atoms with van der Waals surface area (Å²) < 4.78 is 41.1. The van der Waals surface area contributed by atoms with Gasteiger partial charge in [0.15, 0.2) is 0 Å². The van der Waals surface area contributed by atoms with E-state index in [9.17, 15) is 18.0 Å². The van der Waals surface area contributed by atoms with Crippen molar-refractivity contribution >= 4 is 43.5 Å². The highest BCUT2D eigenvalue weighted by Crippen LogP contribution is 2.33.